The fourth-order valence-corrected chi connectivity index (χ4v) is 2.01. The quantitative estimate of drug-likeness (QED) is 0.737. The first-order chi connectivity index (χ1) is 10.6. The molecular weight excluding hydrogens is 278 g/mol. The molecule has 5 heteroatoms. The SMILES string of the molecule is CC(NC(=O)CNC(=O)c1ccc(N)cc1)c1ccccc1. The van der Waals surface area contributed by atoms with Gasteiger partial charge in [0.2, 0.25) is 5.91 Å². The number of nitrogens with one attached hydrogen (secondary N) is 2. The van der Waals surface area contributed by atoms with Gasteiger partial charge in [-0.3, -0.25) is 9.59 Å². The Labute approximate surface area is 129 Å². The van der Waals surface area contributed by atoms with E-state index in [1.165, 1.54) is 0 Å². The van der Waals surface area contributed by atoms with E-state index in [-0.39, 0.29) is 24.4 Å². The lowest BCUT2D eigenvalue weighted by Gasteiger charge is -2.14. The van der Waals surface area contributed by atoms with Crippen molar-refractivity contribution in [1.82, 2.24) is 10.6 Å². The maximum atomic E-state index is 11.9. The minimum atomic E-state index is -0.303. The van der Waals surface area contributed by atoms with Crippen molar-refractivity contribution in [2.75, 3.05) is 12.3 Å². The van der Waals surface area contributed by atoms with Gasteiger partial charge >= 0.3 is 0 Å². The first kappa shape index (κ1) is 15.6. The van der Waals surface area contributed by atoms with Crippen molar-refractivity contribution in [3.8, 4) is 0 Å². The highest BCUT2D eigenvalue weighted by Gasteiger charge is 2.11. The van der Waals surface area contributed by atoms with E-state index in [2.05, 4.69) is 10.6 Å². The number of nitrogen functional groups attached to an aromatic ring is 1. The van der Waals surface area contributed by atoms with E-state index < -0.39 is 0 Å². The third-order valence-corrected chi connectivity index (χ3v) is 3.26. The molecule has 2 aromatic carbocycles. The van der Waals surface area contributed by atoms with Gasteiger partial charge in [-0.05, 0) is 36.8 Å². The van der Waals surface area contributed by atoms with Gasteiger partial charge in [0.25, 0.3) is 5.91 Å². The molecule has 5 nitrogen and oxygen atoms in total. The molecule has 2 amide bonds. The minimum absolute atomic E-state index is 0.0691. The van der Waals surface area contributed by atoms with Crippen molar-refractivity contribution >= 4 is 17.5 Å². The summed E-state index contributed by atoms with van der Waals surface area (Å²) in [5, 5.41) is 5.42. The number of carbonyl (C=O) groups excluding carboxylic acids is 2. The van der Waals surface area contributed by atoms with Crippen LogP contribution >= 0.6 is 0 Å². The van der Waals surface area contributed by atoms with E-state index in [4.69, 9.17) is 5.73 Å². The second kappa shape index (κ2) is 7.26. The highest BCUT2D eigenvalue weighted by Crippen LogP contribution is 2.10. The van der Waals surface area contributed by atoms with E-state index in [0.29, 0.717) is 11.3 Å². The molecule has 1 atom stereocenters. The van der Waals surface area contributed by atoms with Crippen LogP contribution in [0.5, 0.6) is 0 Å². The van der Waals surface area contributed by atoms with Crippen LogP contribution in [0.2, 0.25) is 0 Å². The highest BCUT2D eigenvalue weighted by molar-refractivity contribution is 5.96. The zero-order valence-electron chi connectivity index (χ0n) is 12.4. The maximum absolute atomic E-state index is 11.9. The zero-order valence-corrected chi connectivity index (χ0v) is 12.4. The van der Waals surface area contributed by atoms with E-state index >= 15 is 0 Å². The van der Waals surface area contributed by atoms with Gasteiger partial charge in [-0.15, -0.1) is 0 Å². The molecule has 0 saturated carbocycles. The second-order valence-electron chi connectivity index (χ2n) is 5.00. The van der Waals surface area contributed by atoms with Crippen molar-refractivity contribution in [2.24, 2.45) is 0 Å². The molecule has 0 heterocycles. The van der Waals surface area contributed by atoms with Crippen molar-refractivity contribution in [3.05, 3.63) is 65.7 Å². The molecule has 0 radical (unpaired) electrons. The highest BCUT2D eigenvalue weighted by atomic mass is 16.2. The van der Waals surface area contributed by atoms with Gasteiger partial charge in [0.1, 0.15) is 0 Å². The smallest absolute Gasteiger partial charge is 0.251 e. The molecule has 22 heavy (non-hydrogen) atoms. The predicted octanol–water partition coefficient (Wildman–Crippen LogP) is 1.88. The van der Waals surface area contributed by atoms with Gasteiger partial charge in [-0.2, -0.15) is 0 Å². The van der Waals surface area contributed by atoms with Gasteiger partial charge in [-0.25, -0.2) is 0 Å². The Morgan fingerprint density at radius 1 is 1.05 bits per heavy atom. The molecule has 1 unspecified atom stereocenters. The number of hydrogen-bond acceptors (Lipinski definition) is 3. The van der Waals surface area contributed by atoms with Crippen LogP contribution in [-0.4, -0.2) is 18.4 Å². The summed E-state index contributed by atoms with van der Waals surface area (Å²) in [5.41, 5.74) is 7.64. The molecule has 0 saturated heterocycles. The van der Waals surface area contributed by atoms with E-state index in [1.54, 1.807) is 24.3 Å². The number of hydrogen-bond donors (Lipinski definition) is 3. The molecule has 0 aromatic heterocycles. The maximum Gasteiger partial charge on any atom is 0.251 e. The average molecular weight is 297 g/mol. The summed E-state index contributed by atoms with van der Waals surface area (Å²) in [6.07, 6.45) is 0. The topological polar surface area (TPSA) is 84.2 Å². The minimum Gasteiger partial charge on any atom is -0.399 e. The molecule has 0 spiro atoms. The van der Waals surface area contributed by atoms with E-state index in [1.807, 2.05) is 37.3 Å². The lowest BCUT2D eigenvalue weighted by Crippen LogP contribution is -2.38. The van der Waals surface area contributed by atoms with Crippen molar-refractivity contribution in [2.45, 2.75) is 13.0 Å². The summed E-state index contributed by atoms with van der Waals surface area (Å²) in [5.74, 6) is -0.539. The Bertz CT molecular complexity index is 639. The molecule has 0 aliphatic rings. The van der Waals surface area contributed by atoms with Gasteiger partial charge in [0, 0.05) is 11.3 Å². The standard InChI is InChI=1S/C17H19N3O2/c1-12(13-5-3-2-4-6-13)20-16(21)11-19-17(22)14-7-9-15(18)10-8-14/h2-10,12H,11,18H2,1H3,(H,19,22)(H,20,21). The summed E-state index contributed by atoms with van der Waals surface area (Å²) in [6.45, 7) is 1.83. The first-order valence-electron chi connectivity index (χ1n) is 7.04. The lowest BCUT2D eigenvalue weighted by molar-refractivity contribution is -0.120. The number of carbonyl (C=O) groups is 2. The monoisotopic (exact) mass is 297 g/mol. The number of anilines is 1. The molecular formula is C17H19N3O2. The summed E-state index contributed by atoms with van der Waals surface area (Å²) >= 11 is 0. The first-order valence-corrected chi connectivity index (χ1v) is 7.04. The molecule has 2 aromatic rings. The van der Waals surface area contributed by atoms with Crippen molar-refractivity contribution in [3.63, 3.8) is 0 Å². The fraction of sp³-hybridized carbons (Fsp3) is 0.176. The molecule has 0 fully saturated rings. The number of rotatable bonds is 5. The Morgan fingerprint density at radius 3 is 2.32 bits per heavy atom. The fourth-order valence-electron chi connectivity index (χ4n) is 2.01. The van der Waals surface area contributed by atoms with Crippen LogP contribution in [0, 0.1) is 0 Å². The molecule has 0 aliphatic carbocycles. The van der Waals surface area contributed by atoms with Crippen molar-refractivity contribution in [1.29, 1.82) is 0 Å². The van der Waals surface area contributed by atoms with E-state index in [9.17, 15) is 9.59 Å². The Balaban J connectivity index is 1.82. The normalized spacial score (nSPS) is 11.5. The van der Waals surface area contributed by atoms with Crippen LogP contribution in [0.1, 0.15) is 28.9 Å². The number of benzene rings is 2. The van der Waals surface area contributed by atoms with Crippen LogP contribution in [0.4, 0.5) is 5.69 Å². The van der Waals surface area contributed by atoms with Gasteiger partial charge < -0.3 is 16.4 Å². The summed E-state index contributed by atoms with van der Waals surface area (Å²) in [4.78, 5) is 23.8. The molecule has 114 valence electrons. The van der Waals surface area contributed by atoms with Crippen LogP contribution in [0.3, 0.4) is 0 Å². The molecule has 4 N–H and O–H groups in total. The number of amides is 2. The lowest BCUT2D eigenvalue weighted by atomic mass is 10.1. The summed E-state index contributed by atoms with van der Waals surface area (Å²) in [6, 6.07) is 16.1. The van der Waals surface area contributed by atoms with Crippen LogP contribution in [0.15, 0.2) is 54.6 Å². The Kier molecular flexibility index (Phi) is 5.14. The third-order valence-electron chi connectivity index (χ3n) is 3.26. The molecule has 2 rings (SSSR count). The zero-order chi connectivity index (χ0) is 15.9. The average Bonchev–Trinajstić information content (AvgIpc) is 2.54. The van der Waals surface area contributed by atoms with Crippen molar-refractivity contribution < 1.29 is 9.59 Å². The molecule has 0 bridgehead atoms. The van der Waals surface area contributed by atoms with Crippen LogP contribution in [-0.2, 0) is 4.79 Å². The third kappa shape index (κ3) is 4.34. The van der Waals surface area contributed by atoms with Gasteiger partial charge in [-0.1, -0.05) is 30.3 Å². The largest absolute Gasteiger partial charge is 0.399 e. The molecule has 0 aliphatic heterocycles. The van der Waals surface area contributed by atoms with Crippen LogP contribution < -0.4 is 16.4 Å². The summed E-state index contributed by atoms with van der Waals surface area (Å²) in [7, 11) is 0. The Hall–Kier alpha value is -2.82. The van der Waals surface area contributed by atoms with E-state index in [0.717, 1.165) is 5.56 Å². The second-order valence-corrected chi connectivity index (χ2v) is 5.00. The van der Waals surface area contributed by atoms with Crippen LogP contribution in [0.25, 0.3) is 0 Å². The number of nitrogens with two attached hydrogens (primary N) is 1. The predicted molar refractivity (Wildman–Crippen MR) is 86.2 cm³/mol. The Morgan fingerprint density at radius 2 is 1.68 bits per heavy atom. The summed E-state index contributed by atoms with van der Waals surface area (Å²) < 4.78 is 0. The van der Waals surface area contributed by atoms with Gasteiger partial charge in [0.05, 0.1) is 12.6 Å². The van der Waals surface area contributed by atoms with Gasteiger partial charge in [0.15, 0.2) is 0 Å².